The van der Waals surface area contributed by atoms with E-state index in [2.05, 4.69) is 36.5 Å². The molecular weight excluding hydrogens is 260 g/mol. The molecular formula is C15H23ClN2O. The number of hydrogen-bond donors (Lipinski definition) is 1. The molecule has 1 amide bonds. The fraction of sp³-hybridized carbons (Fsp3) is 0.533. The minimum atomic E-state index is 0. The van der Waals surface area contributed by atoms with E-state index in [1.54, 1.807) is 0 Å². The first-order valence-corrected chi connectivity index (χ1v) is 6.80. The highest BCUT2D eigenvalue weighted by Gasteiger charge is 2.14. The van der Waals surface area contributed by atoms with Gasteiger partial charge >= 0.3 is 0 Å². The van der Waals surface area contributed by atoms with Crippen LogP contribution >= 0.6 is 12.4 Å². The van der Waals surface area contributed by atoms with Crippen molar-refractivity contribution in [1.82, 2.24) is 10.2 Å². The van der Waals surface area contributed by atoms with Crippen molar-refractivity contribution in [2.24, 2.45) is 0 Å². The predicted molar refractivity (Wildman–Crippen MR) is 80.8 cm³/mol. The summed E-state index contributed by atoms with van der Waals surface area (Å²) >= 11 is 0. The largest absolute Gasteiger partial charge is 0.341 e. The molecule has 4 heteroatoms. The maximum atomic E-state index is 12.1. The van der Waals surface area contributed by atoms with Crippen LogP contribution in [-0.2, 0) is 11.2 Å². The summed E-state index contributed by atoms with van der Waals surface area (Å²) in [5.74, 6) is 0.292. The van der Waals surface area contributed by atoms with Gasteiger partial charge in [0.1, 0.15) is 0 Å². The molecule has 1 aromatic rings. The second-order valence-electron chi connectivity index (χ2n) is 4.97. The lowest BCUT2D eigenvalue weighted by Gasteiger charge is -2.19. The summed E-state index contributed by atoms with van der Waals surface area (Å²) in [7, 11) is 0. The average Bonchev–Trinajstić information content (AvgIpc) is 2.65. The predicted octanol–water partition coefficient (Wildman–Crippen LogP) is 2.17. The number of nitrogens with one attached hydrogen (secondary N) is 1. The number of carbonyl (C=O) groups is 1. The van der Waals surface area contributed by atoms with E-state index in [0.29, 0.717) is 12.3 Å². The third kappa shape index (κ3) is 5.21. The Morgan fingerprint density at radius 1 is 1.32 bits per heavy atom. The van der Waals surface area contributed by atoms with Crippen LogP contribution < -0.4 is 5.32 Å². The summed E-state index contributed by atoms with van der Waals surface area (Å²) in [6.07, 6.45) is 2.55. The average molecular weight is 283 g/mol. The van der Waals surface area contributed by atoms with Crippen LogP contribution in [0.25, 0.3) is 0 Å². The van der Waals surface area contributed by atoms with Crippen LogP contribution in [0.5, 0.6) is 0 Å². The molecule has 1 saturated heterocycles. The number of aryl methyl sites for hydroxylation is 2. The molecule has 0 spiro atoms. The van der Waals surface area contributed by atoms with E-state index in [1.165, 1.54) is 11.1 Å². The molecule has 0 saturated carbocycles. The highest BCUT2D eigenvalue weighted by Crippen LogP contribution is 2.08. The van der Waals surface area contributed by atoms with Gasteiger partial charge in [0.05, 0.1) is 0 Å². The number of halogens is 1. The zero-order chi connectivity index (χ0) is 12.8. The molecule has 2 rings (SSSR count). The number of nitrogens with zero attached hydrogens (tertiary/aromatic N) is 1. The number of carbonyl (C=O) groups excluding carboxylic acids is 1. The Balaban J connectivity index is 0.00000180. The smallest absolute Gasteiger partial charge is 0.222 e. The normalized spacial score (nSPS) is 15.5. The van der Waals surface area contributed by atoms with Gasteiger partial charge in [0.2, 0.25) is 5.91 Å². The summed E-state index contributed by atoms with van der Waals surface area (Å²) in [4.78, 5) is 14.1. The zero-order valence-corrected chi connectivity index (χ0v) is 12.3. The Kier molecular flexibility index (Phi) is 6.89. The fourth-order valence-corrected chi connectivity index (χ4v) is 2.37. The Bertz CT molecular complexity index is 401. The molecule has 0 aromatic heterocycles. The molecule has 0 radical (unpaired) electrons. The van der Waals surface area contributed by atoms with Crippen LogP contribution in [0.4, 0.5) is 0 Å². The summed E-state index contributed by atoms with van der Waals surface area (Å²) in [6, 6.07) is 8.41. The van der Waals surface area contributed by atoms with Crippen LogP contribution in [0.2, 0.25) is 0 Å². The van der Waals surface area contributed by atoms with Crippen molar-refractivity contribution in [3.8, 4) is 0 Å². The molecule has 1 N–H and O–H groups in total. The van der Waals surface area contributed by atoms with Gasteiger partial charge in [0, 0.05) is 26.1 Å². The monoisotopic (exact) mass is 282 g/mol. The minimum Gasteiger partial charge on any atom is -0.341 e. The van der Waals surface area contributed by atoms with Gasteiger partial charge in [-0.2, -0.15) is 0 Å². The van der Waals surface area contributed by atoms with Crippen LogP contribution in [0, 0.1) is 6.92 Å². The molecule has 106 valence electrons. The molecule has 1 heterocycles. The molecule has 0 bridgehead atoms. The van der Waals surface area contributed by atoms with Crippen molar-refractivity contribution in [2.45, 2.75) is 26.2 Å². The standard InChI is InChI=1S/C15H22N2O.ClH/c1-13-4-2-5-14(12-13)6-7-15(18)17-10-3-8-16-9-11-17;/h2,4-5,12,16H,3,6-11H2,1H3;1H. The molecule has 1 aliphatic heterocycles. The summed E-state index contributed by atoms with van der Waals surface area (Å²) in [5.41, 5.74) is 2.52. The molecule has 1 aliphatic rings. The number of amides is 1. The SMILES string of the molecule is Cc1cccc(CCC(=O)N2CCCNCC2)c1.Cl. The Labute approximate surface area is 121 Å². The van der Waals surface area contributed by atoms with Gasteiger partial charge in [-0.15, -0.1) is 12.4 Å². The topological polar surface area (TPSA) is 32.3 Å². The lowest BCUT2D eigenvalue weighted by atomic mass is 10.1. The van der Waals surface area contributed by atoms with E-state index in [0.717, 1.165) is 39.0 Å². The fourth-order valence-electron chi connectivity index (χ4n) is 2.37. The van der Waals surface area contributed by atoms with Crippen molar-refractivity contribution in [3.05, 3.63) is 35.4 Å². The highest BCUT2D eigenvalue weighted by molar-refractivity contribution is 5.85. The van der Waals surface area contributed by atoms with E-state index in [9.17, 15) is 4.79 Å². The lowest BCUT2D eigenvalue weighted by molar-refractivity contribution is -0.130. The molecule has 0 aliphatic carbocycles. The quantitative estimate of drug-likeness (QED) is 0.922. The van der Waals surface area contributed by atoms with Gasteiger partial charge in [-0.25, -0.2) is 0 Å². The van der Waals surface area contributed by atoms with Crippen molar-refractivity contribution in [1.29, 1.82) is 0 Å². The maximum absolute atomic E-state index is 12.1. The Morgan fingerprint density at radius 2 is 2.16 bits per heavy atom. The first-order valence-electron chi connectivity index (χ1n) is 6.80. The molecule has 1 fully saturated rings. The van der Waals surface area contributed by atoms with Gasteiger partial charge in [-0.05, 0) is 31.9 Å². The lowest BCUT2D eigenvalue weighted by Crippen LogP contribution is -2.34. The van der Waals surface area contributed by atoms with Crippen molar-refractivity contribution in [2.75, 3.05) is 26.2 Å². The van der Waals surface area contributed by atoms with Crippen molar-refractivity contribution < 1.29 is 4.79 Å². The van der Waals surface area contributed by atoms with E-state index < -0.39 is 0 Å². The first-order chi connectivity index (χ1) is 8.75. The maximum Gasteiger partial charge on any atom is 0.222 e. The molecule has 19 heavy (non-hydrogen) atoms. The van der Waals surface area contributed by atoms with Gasteiger partial charge < -0.3 is 10.2 Å². The van der Waals surface area contributed by atoms with Crippen LogP contribution in [0.3, 0.4) is 0 Å². The van der Waals surface area contributed by atoms with Crippen LogP contribution in [0.15, 0.2) is 24.3 Å². The summed E-state index contributed by atoms with van der Waals surface area (Å²) < 4.78 is 0. The van der Waals surface area contributed by atoms with Gasteiger partial charge in [0.15, 0.2) is 0 Å². The second kappa shape index (κ2) is 8.18. The second-order valence-corrected chi connectivity index (χ2v) is 4.97. The Morgan fingerprint density at radius 3 is 2.95 bits per heavy atom. The first kappa shape index (κ1) is 16.0. The third-order valence-electron chi connectivity index (χ3n) is 3.40. The van der Waals surface area contributed by atoms with E-state index in [1.807, 2.05) is 4.90 Å². The minimum absolute atomic E-state index is 0. The van der Waals surface area contributed by atoms with Crippen LogP contribution in [-0.4, -0.2) is 37.0 Å². The van der Waals surface area contributed by atoms with Gasteiger partial charge in [0.25, 0.3) is 0 Å². The van der Waals surface area contributed by atoms with E-state index in [-0.39, 0.29) is 12.4 Å². The Hall–Kier alpha value is -1.06. The highest BCUT2D eigenvalue weighted by atomic mass is 35.5. The number of hydrogen-bond acceptors (Lipinski definition) is 2. The molecule has 0 unspecified atom stereocenters. The van der Waals surface area contributed by atoms with Crippen molar-refractivity contribution >= 4 is 18.3 Å². The zero-order valence-electron chi connectivity index (χ0n) is 11.5. The third-order valence-corrected chi connectivity index (χ3v) is 3.40. The van der Waals surface area contributed by atoms with Gasteiger partial charge in [-0.1, -0.05) is 29.8 Å². The summed E-state index contributed by atoms with van der Waals surface area (Å²) in [5, 5.41) is 3.32. The van der Waals surface area contributed by atoms with E-state index in [4.69, 9.17) is 0 Å². The van der Waals surface area contributed by atoms with Crippen LogP contribution in [0.1, 0.15) is 24.0 Å². The van der Waals surface area contributed by atoms with E-state index >= 15 is 0 Å². The molecule has 0 atom stereocenters. The van der Waals surface area contributed by atoms with Gasteiger partial charge in [-0.3, -0.25) is 4.79 Å². The van der Waals surface area contributed by atoms with Crippen molar-refractivity contribution in [3.63, 3.8) is 0 Å². The number of rotatable bonds is 3. The molecule has 3 nitrogen and oxygen atoms in total. The summed E-state index contributed by atoms with van der Waals surface area (Å²) in [6.45, 7) is 5.80. The molecule has 1 aromatic carbocycles. The number of benzene rings is 1.